The second-order valence-electron chi connectivity index (χ2n) is 6.89. The van der Waals surface area contributed by atoms with Gasteiger partial charge in [0.1, 0.15) is 0 Å². The molecule has 0 aliphatic carbocycles. The summed E-state index contributed by atoms with van der Waals surface area (Å²) in [6.07, 6.45) is -2.25. The van der Waals surface area contributed by atoms with Crippen LogP contribution in [0.5, 0.6) is 0 Å². The zero-order chi connectivity index (χ0) is 21.6. The largest absolute Gasteiger partial charge is 0.416 e. The molecule has 2 aromatic heterocycles. The summed E-state index contributed by atoms with van der Waals surface area (Å²) < 4.78 is 46.0. The molecular weight excluding hydrogens is 413 g/mol. The number of ether oxygens (including phenoxy) is 1. The summed E-state index contributed by atoms with van der Waals surface area (Å²) in [7, 11) is 1.58. The molecule has 3 rings (SSSR count). The minimum atomic E-state index is -4.37. The van der Waals surface area contributed by atoms with Gasteiger partial charge in [-0.3, -0.25) is 4.79 Å². The van der Waals surface area contributed by atoms with Crippen molar-refractivity contribution in [3.05, 3.63) is 81.8 Å². The Morgan fingerprint density at radius 2 is 2.00 bits per heavy atom. The van der Waals surface area contributed by atoms with Gasteiger partial charge in [0, 0.05) is 37.0 Å². The maximum Gasteiger partial charge on any atom is 0.416 e. The van der Waals surface area contributed by atoms with E-state index in [-0.39, 0.29) is 5.91 Å². The standard InChI is InChI=1S/C22H23F3N2O2S/c1-29-11-10-27(21(28)14-20-8-4-12-30-20)16-19-7-3-9-26(19)15-17-5-2-6-18(13-17)22(23,24)25/h2-9,12-13H,10-11,14-16H2,1H3. The zero-order valence-electron chi connectivity index (χ0n) is 16.6. The number of hydrogen-bond donors (Lipinski definition) is 0. The van der Waals surface area contributed by atoms with Crippen LogP contribution in [-0.4, -0.2) is 35.6 Å². The van der Waals surface area contributed by atoms with Gasteiger partial charge in [0.2, 0.25) is 5.91 Å². The summed E-state index contributed by atoms with van der Waals surface area (Å²) in [6, 6.07) is 12.9. The van der Waals surface area contributed by atoms with E-state index >= 15 is 0 Å². The van der Waals surface area contributed by atoms with Crippen LogP contribution in [0, 0.1) is 0 Å². The van der Waals surface area contributed by atoms with Crippen LogP contribution in [0.15, 0.2) is 60.1 Å². The van der Waals surface area contributed by atoms with Crippen molar-refractivity contribution in [2.24, 2.45) is 0 Å². The number of hydrogen-bond acceptors (Lipinski definition) is 3. The van der Waals surface area contributed by atoms with Gasteiger partial charge in [-0.2, -0.15) is 13.2 Å². The van der Waals surface area contributed by atoms with Gasteiger partial charge in [-0.05, 0) is 41.3 Å². The zero-order valence-corrected chi connectivity index (χ0v) is 17.4. The number of carbonyl (C=O) groups excluding carboxylic acids is 1. The predicted molar refractivity (Wildman–Crippen MR) is 110 cm³/mol. The van der Waals surface area contributed by atoms with Crippen LogP contribution in [0.1, 0.15) is 21.7 Å². The Labute approximate surface area is 177 Å². The SMILES string of the molecule is COCCN(Cc1cccn1Cc1cccc(C(F)(F)F)c1)C(=O)Cc1cccs1. The molecule has 160 valence electrons. The summed E-state index contributed by atoms with van der Waals surface area (Å²) in [5.74, 6) is -0.0127. The molecule has 0 fully saturated rings. The molecule has 0 unspecified atom stereocenters. The second kappa shape index (κ2) is 9.95. The lowest BCUT2D eigenvalue weighted by molar-refractivity contribution is -0.137. The Morgan fingerprint density at radius 3 is 2.70 bits per heavy atom. The Hall–Kier alpha value is -2.58. The first kappa shape index (κ1) is 22.1. The van der Waals surface area contributed by atoms with E-state index in [1.54, 1.807) is 18.1 Å². The van der Waals surface area contributed by atoms with Crippen LogP contribution in [0.25, 0.3) is 0 Å². The third kappa shape index (κ3) is 5.96. The van der Waals surface area contributed by atoms with E-state index in [0.717, 1.165) is 22.7 Å². The molecule has 1 amide bonds. The normalized spacial score (nSPS) is 11.6. The first-order chi connectivity index (χ1) is 14.4. The lowest BCUT2D eigenvalue weighted by Gasteiger charge is -2.23. The van der Waals surface area contributed by atoms with Crippen LogP contribution in [0.2, 0.25) is 0 Å². The lowest BCUT2D eigenvalue weighted by Crippen LogP contribution is -2.35. The van der Waals surface area contributed by atoms with Crippen molar-refractivity contribution in [3.63, 3.8) is 0 Å². The molecule has 4 nitrogen and oxygen atoms in total. The summed E-state index contributed by atoms with van der Waals surface area (Å²) in [6.45, 7) is 1.50. The number of rotatable bonds is 9. The summed E-state index contributed by atoms with van der Waals surface area (Å²) in [5, 5.41) is 1.93. The number of halogens is 3. The average molecular weight is 436 g/mol. The van der Waals surface area contributed by atoms with Crippen molar-refractivity contribution >= 4 is 17.2 Å². The molecule has 1 aromatic carbocycles. The lowest BCUT2D eigenvalue weighted by atomic mass is 10.1. The van der Waals surface area contributed by atoms with E-state index in [9.17, 15) is 18.0 Å². The third-order valence-corrected chi connectivity index (χ3v) is 5.58. The van der Waals surface area contributed by atoms with Crippen LogP contribution in [0.3, 0.4) is 0 Å². The Kier molecular flexibility index (Phi) is 7.33. The molecule has 0 saturated carbocycles. The number of thiophene rings is 1. The summed E-state index contributed by atoms with van der Waals surface area (Å²) in [5.41, 5.74) is 0.736. The minimum Gasteiger partial charge on any atom is -0.383 e. The molecule has 0 N–H and O–H groups in total. The Morgan fingerprint density at radius 1 is 1.17 bits per heavy atom. The highest BCUT2D eigenvalue weighted by molar-refractivity contribution is 7.10. The van der Waals surface area contributed by atoms with Crippen molar-refractivity contribution in [2.45, 2.75) is 25.7 Å². The molecule has 0 radical (unpaired) electrons. The van der Waals surface area contributed by atoms with E-state index in [1.807, 2.05) is 40.4 Å². The van der Waals surface area contributed by atoms with Gasteiger partial charge in [0.05, 0.1) is 25.1 Å². The van der Waals surface area contributed by atoms with Crippen LogP contribution >= 0.6 is 11.3 Å². The van der Waals surface area contributed by atoms with Crippen LogP contribution < -0.4 is 0 Å². The van der Waals surface area contributed by atoms with E-state index in [0.29, 0.717) is 38.2 Å². The Balaban J connectivity index is 1.74. The number of nitrogens with zero attached hydrogens (tertiary/aromatic N) is 2. The fourth-order valence-electron chi connectivity index (χ4n) is 3.15. The van der Waals surface area contributed by atoms with Gasteiger partial charge in [-0.1, -0.05) is 18.2 Å². The maximum absolute atomic E-state index is 13.0. The van der Waals surface area contributed by atoms with Gasteiger partial charge in [-0.25, -0.2) is 0 Å². The number of aromatic nitrogens is 1. The first-order valence-electron chi connectivity index (χ1n) is 9.46. The van der Waals surface area contributed by atoms with E-state index < -0.39 is 11.7 Å². The smallest absolute Gasteiger partial charge is 0.383 e. The minimum absolute atomic E-state index is 0.0127. The van der Waals surface area contributed by atoms with Gasteiger partial charge in [-0.15, -0.1) is 11.3 Å². The molecule has 8 heteroatoms. The van der Waals surface area contributed by atoms with Crippen LogP contribution in [0.4, 0.5) is 13.2 Å². The predicted octanol–water partition coefficient (Wildman–Crippen LogP) is 4.83. The van der Waals surface area contributed by atoms with E-state index in [1.165, 1.54) is 17.4 Å². The van der Waals surface area contributed by atoms with Crippen molar-refractivity contribution in [1.29, 1.82) is 0 Å². The summed E-state index contributed by atoms with van der Waals surface area (Å²) in [4.78, 5) is 15.5. The maximum atomic E-state index is 13.0. The number of benzene rings is 1. The van der Waals surface area contributed by atoms with E-state index in [2.05, 4.69) is 0 Å². The highest BCUT2D eigenvalue weighted by atomic mass is 32.1. The van der Waals surface area contributed by atoms with Gasteiger partial charge < -0.3 is 14.2 Å². The van der Waals surface area contributed by atoms with Crippen molar-refractivity contribution in [1.82, 2.24) is 9.47 Å². The average Bonchev–Trinajstić information content (AvgIpc) is 3.37. The number of carbonyl (C=O) groups is 1. The molecule has 2 heterocycles. The number of methoxy groups -OCH3 is 1. The van der Waals surface area contributed by atoms with E-state index in [4.69, 9.17) is 4.74 Å². The highest BCUT2D eigenvalue weighted by Crippen LogP contribution is 2.29. The summed E-state index contributed by atoms with van der Waals surface area (Å²) >= 11 is 1.53. The van der Waals surface area contributed by atoms with Crippen molar-refractivity contribution in [2.75, 3.05) is 20.3 Å². The second-order valence-corrected chi connectivity index (χ2v) is 7.92. The molecule has 0 bridgehead atoms. The topological polar surface area (TPSA) is 34.5 Å². The van der Waals surface area contributed by atoms with Gasteiger partial charge >= 0.3 is 6.18 Å². The number of amides is 1. The van der Waals surface area contributed by atoms with Crippen molar-refractivity contribution in [3.8, 4) is 0 Å². The first-order valence-corrected chi connectivity index (χ1v) is 10.3. The Bertz CT molecular complexity index is 951. The molecule has 0 aliphatic heterocycles. The fraction of sp³-hybridized carbons (Fsp3) is 0.318. The van der Waals surface area contributed by atoms with Crippen molar-refractivity contribution < 1.29 is 22.7 Å². The molecule has 30 heavy (non-hydrogen) atoms. The molecule has 0 saturated heterocycles. The molecule has 3 aromatic rings. The van der Waals surface area contributed by atoms with Crippen LogP contribution in [-0.2, 0) is 35.2 Å². The molecular formula is C22H23F3N2O2S. The monoisotopic (exact) mass is 436 g/mol. The molecule has 0 spiro atoms. The van der Waals surface area contributed by atoms with Gasteiger partial charge in [0.15, 0.2) is 0 Å². The quantitative estimate of drug-likeness (QED) is 0.481. The number of alkyl halides is 3. The highest BCUT2D eigenvalue weighted by Gasteiger charge is 2.30. The fourth-order valence-corrected chi connectivity index (χ4v) is 3.85. The van der Waals surface area contributed by atoms with Gasteiger partial charge in [0.25, 0.3) is 0 Å². The molecule has 0 atom stereocenters. The third-order valence-electron chi connectivity index (χ3n) is 4.71. The molecule has 0 aliphatic rings.